The molecule has 0 aliphatic carbocycles. The Morgan fingerprint density at radius 1 is 1.20 bits per heavy atom. The highest BCUT2D eigenvalue weighted by molar-refractivity contribution is 6.04. The molecule has 1 heterocycles. The van der Waals surface area contributed by atoms with Crippen molar-refractivity contribution in [2.75, 3.05) is 5.32 Å². The maximum Gasteiger partial charge on any atom is 0.335 e. The summed E-state index contributed by atoms with van der Waals surface area (Å²) < 4.78 is 0. The molecule has 0 fully saturated rings. The van der Waals surface area contributed by atoms with Gasteiger partial charge in [0.2, 0.25) is 0 Å². The lowest BCUT2D eigenvalue weighted by atomic mass is 10.2. The van der Waals surface area contributed by atoms with E-state index in [-0.39, 0.29) is 22.7 Å². The van der Waals surface area contributed by atoms with E-state index in [0.29, 0.717) is 0 Å². The number of carboxylic acid groups (broad SMARTS) is 1. The molecule has 4 N–H and O–H groups in total. The summed E-state index contributed by atoms with van der Waals surface area (Å²) in [6.45, 7) is 0. The molecule has 0 spiro atoms. The lowest BCUT2D eigenvalue weighted by molar-refractivity contribution is 0.0696. The minimum Gasteiger partial charge on any atom is -0.506 e. The van der Waals surface area contributed by atoms with Crippen molar-refractivity contribution in [3.05, 3.63) is 51.9 Å². The van der Waals surface area contributed by atoms with E-state index in [1.165, 1.54) is 12.1 Å². The standard InChI is InChI=1S/C12H9N3O5/c16-9-3-1-6(12(19)20)5-8(9)13-11(18)7-2-4-10(17)15-14-7/h1-5,16H,(H,13,18)(H,15,17)(H,19,20). The van der Waals surface area contributed by atoms with Crippen molar-refractivity contribution in [2.45, 2.75) is 0 Å². The summed E-state index contributed by atoms with van der Waals surface area (Å²) in [5.41, 5.74) is -0.697. The smallest absolute Gasteiger partial charge is 0.335 e. The molecule has 0 saturated heterocycles. The average molecular weight is 275 g/mol. The van der Waals surface area contributed by atoms with Gasteiger partial charge in [-0.2, -0.15) is 5.10 Å². The van der Waals surface area contributed by atoms with Crippen LogP contribution < -0.4 is 10.9 Å². The summed E-state index contributed by atoms with van der Waals surface area (Å²) >= 11 is 0. The largest absolute Gasteiger partial charge is 0.506 e. The summed E-state index contributed by atoms with van der Waals surface area (Å²) in [5.74, 6) is -2.17. The van der Waals surface area contributed by atoms with Crippen LogP contribution in [0.1, 0.15) is 20.8 Å². The maximum absolute atomic E-state index is 11.8. The Hall–Kier alpha value is -3.16. The van der Waals surface area contributed by atoms with E-state index in [4.69, 9.17) is 5.11 Å². The summed E-state index contributed by atoms with van der Waals surface area (Å²) in [6.07, 6.45) is 0. The zero-order valence-corrected chi connectivity index (χ0v) is 9.95. The van der Waals surface area contributed by atoms with Gasteiger partial charge in [-0.25, -0.2) is 9.89 Å². The summed E-state index contributed by atoms with van der Waals surface area (Å²) in [4.78, 5) is 33.4. The number of hydrogen-bond donors (Lipinski definition) is 4. The number of aromatic carboxylic acids is 1. The van der Waals surface area contributed by atoms with Crippen molar-refractivity contribution in [2.24, 2.45) is 0 Å². The second-order valence-corrected chi connectivity index (χ2v) is 3.80. The van der Waals surface area contributed by atoms with Gasteiger partial charge >= 0.3 is 5.97 Å². The number of aromatic amines is 1. The first-order chi connectivity index (χ1) is 9.47. The number of benzene rings is 1. The zero-order valence-electron chi connectivity index (χ0n) is 9.95. The molecule has 1 aromatic carbocycles. The molecule has 8 heteroatoms. The molecule has 0 saturated carbocycles. The number of anilines is 1. The highest BCUT2D eigenvalue weighted by Crippen LogP contribution is 2.24. The van der Waals surface area contributed by atoms with E-state index in [2.05, 4.69) is 15.5 Å². The molecular formula is C12H9N3O5. The van der Waals surface area contributed by atoms with E-state index < -0.39 is 17.4 Å². The van der Waals surface area contributed by atoms with E-state index in [1.54, 1.807) is 0 Å². The van der Waals surface area contributed by atoms with Gasteiger partial charge in [-0.3, -0.25) is 9.59 Å². The third-order valence-electron chi connectivity index (χ3n) is 2.40. The molecule has 0 bridgehead atoms. The highest BCUT2D eigenvalue weighted by Gasteiger charge is 2.13. The first-order valence-electron chi connectivity index (χ1n) is 5.41. The molecule has 1 aromatic heterocycles. The van der Waals surface area contributed by atoms with Gasteiger partial charge in [0.05, 0.1) is 11.3 Å². The number of carbonyl (C=O) groups excluding carboxylic acids is 1. The first kappa shape index (κ1) is 13.3. The highest BCUT2D eigenvalue weighted by atomic mass is 16.4. The maximum atomic E-state index is 11.8. The Bertz CT molecular complexity index is 718. The van der Waals surface area contributed by atoms with Crippen LogP contribution in [0, 0.1) is 0 Å². The van der Waals surface area contributed by atoms with Crippen molar-refractivity contribution in [1.82, 2.24) is 10.2 Å². The fourth-order valence-corrected chi connectivity index (χ4v) is 1.43. The van der Waals surface area contributed by atoms with Gasteiger partial charge in [-0.1, -0.05) is 0 Å². The Morgan fingerprint density at radius 2 is 1.95 bits per heavy atom. The number of nitrogens with one attached hydrogen (secondary N) is 2. The quantitative estimate of drug-likeness (QED) is 0.600. The van der Waals surface area contributed by atoms with E-state index in [9.17, 15) is 19.5 Å². The number of aromatic hydroxyl groups is 1. The number of rotatable bonds is 3. The molecule has 102 valence electrons. The number of aromatic nitrogens is 2. The molecule has 20 heavy (non-hydrogen) atoms. The molecule has 0 aliphatic rings. The Balaban J connectivity index is 2.27. The Kier molecular flexibility index (Phi) is 3.47. The van der Waals surface area contributed by atoms with Gasteiger partial charge in [-0.05, 0) is 24.3 Å². The van der Waals surface area contributed by atoms with Gasteiger partial charge in [-0.15, -0.1) is 0 Å². The lowest BCUT2D eigenvalue weighted by Crippen LogP contribution is -2.17. The van der Waals surface area contributed by atoms with Gasteiger partial charge in [0.15, 0.2) is 0 Å². The third kappa shape index (κ3) is 2.80. The second kappa shape index (κ2) is 5.22. The Labute approximate surface area is 111 Å². The monoisotopic (exact) mass is 275 g/mol. The van der Waals surface area contributed by atoms with Crippen LogP contribution in [0.3, 0.4) is 0 Å². The van der Waals surface area contributed by atoms with Crippen LogP contribution in [0.4, 0.5) is 5.69 Å². The molecule has 0 unspecified atom stereocenters. The van der Waals surface area contributed by atoms with Crippen molar-refractivity contribution < 1.29 is 19.8 Å². The van der Waals surface area contributed by atoms with Crippen molar-refractivity contribution in [3.8, 4) is 5.75 Å². The number of nitrogens with zero attached hydrogens (tertiary/aromatic N) is 1. The molecule has 1 amide bonds. The Morgan fingerprint density at radius 3 is 2.55 bits per heavy atom. The summed E-state index contributed by atoms with van der Waals surface area (Å²) in [6, 6.07) is 5.79. The number of phenolic OH excluding ortho intramolecular Hbond substituents is 1. The van der Waals surface area contributed by atoms with E-state index in [1.807, 2.05) is 0 Å². The number of carboxylic acids is 1. The summed E-state index contributed by atoms with van der Waals surface area (Å²) in [5, 5.41) is 26.3. The number of H-pyrrole nitrogens is 1. The minimum atomic E-state index is -1.19. The van der Waals surface area contributed by atoms with Crippen LogP contribution in [-0.2, 0) is 0 Å². The first-order valence-corrected chi connectivity index (χ1v) is 5.41. The minimum absolute atomic E-state index is 0.0668. The van der Waals surface area contributed by atoms with Crippen molar-refractivity contribution in [1.29, 1.82) is 0 Å². The zero-order chi connectivity index (χ0) is 14.7. The molecule has 0 aliphatic heterocycles. The van der Waals surface area contributed by atoms with Gasteiger partial charge in [0.1, 0.15) is 11.4 Å². The van der Waals surface area contributed by atoms with Crippen LogP contribution >= 0.6 is 0 Å². The molecular weight excluding hydrogens is 266 g/mol. The van der Waals surface area contributed by atoms with Crippen LogP contribution in [-0.4, -0.2) is 32.3 Å². The molecule has 2 rings (SSSR count). The number of carbonyl (C=O) groups is 2. The fraction of sp³-hybridized carbons (Fsp3) is 0. The van der Waals surface area contributed by atoms with Crippen LogP contribution in [0.5, 0.6) is 5.75 Å². The van der Waals surface area contributed by atoms with Crippen molar-refractivity contribution in [3.63, 3.8) is 0 Å². The molecule has 8 nitrogen and oxygen atoms in total. The van der Waals surface area contributed by atoms with Gasteiger partial charge < -0.3 is 15.5 Å². The van der Waals surface area contributed by atoms with Crippen LogP contribution in [0.15, 0.2) is 35.1 Å². The van der Waals surface area contributed by atoms with Gasteiger partial charge in [0, 0.05) is 6.07 Å². The molecule has 2 aromatic rings. The summed E-state index contributed by atoms with van der Waals surface area (Å²) in [7, 11) is 0. The average Bonchev–Trinajstić information content (AvgIpc) is 2.41. The van der Waals surface area contributed by atoms with Crippen molar-refractivity contribution >= 4 is 17.6 Å². The number of phenols is 1. The normalized spacial score (nSPS) is 10.0. The topological polar surface area (TPSA) is 132 Å². The number of hydrogen-bond acceptors (Lipinski definition) is 5. The number of amides is 1. The van der Waals surface area contributed by atoms with E-state index in [0.717, 1.165) is 18.2 Å². The predicted molar refractivity (Wildman–Crippen MR) is 67.9 cm³/mol. The van der Waals surface area contributed by atoms with Crippen LogP contribution in [0.2, 0.25) is 0 Å². The SMILES string of the molecule is O=C(O)c1ccc(O)c(NC(=O)c2ccc(=O)[nH]n2)c1. The second-order valence-electron chi connectivity index (χ2n) is 3.80. The molecule has 0 radical (unpaired) electrons. The lowest BCUT2D eigenvalue weighted by Gasteiger charge is -2.07. The third-order valence-corrected chi connectivity index (χ3v) is 2.40. The fourth-order valence-electron chi connectivity index (χ4n) is 1.43. The predicted octanol–water partition coefficient (Wildman–Crippen LogP) is 0.426. The van der Waals surface area contributed by atoms with E-state index >= 15 is 0 Å². The molecule has 0 atom stereocenters. The van der Waals surface area contributed by atoms with Crippen LogP contribution in [0.25, 0.3) is 0 Å². The van der Waals surface area contributed by atoms with Gasteiger partial charge in [0.25, 0.3) is 11.5 Å².